The SMILES string of the molecule is c1ccc(N2c3cc4ccccc4c4c3B(n3cccc3[Se]4)n3cccc32)cc1. The van der Waals surface area contributed by atoms with Crippen LogP contribution in [0.3, 0.4) is 0 Å². The Bertz CT molecular complexity index is 1400. The molecule has 0 saturated carbocycles. The van der Waals surface area contributed by atoms with Crippen molar-refractivity contribution in [3.05, 3.63) is 97.3 Å². The summed E-state index contributed by atoms with van der Waals surface area (Å²) in [6, 6.07) is 30.9. The molecule has 0 unspecified atom stereocenters. The fraction of sp³-hybridized carbons (Fsp3) is 0. The third-order valence-electron chi connectivity index (χ3n) is 5.99. The van der Waals surface area contributed by atoms with Gasteiger partial charge in [0.15, 0.2) is 0 Å². The average Bonchev–Trinajstić information content (AvgIpc) is 3.43. The molecule has 0 N–H and O–H groups in total. The van der Waals surface area contributed by atoms with Crippen molar-refractivity contribution in [2.24, 2.45) is 0 Å². The van der Waals surface area contributed by atoms with Crippen LogP contribution in [0.4, 0.5) is 17.2 Å². The fourth-order valence-electron chi connectivity index (χ4n) is 4.80. The van der Waals surface area contributed by atoms with Crippen LogP contribution in [0.25, 0.3) is 10.8 Å². The zero-order valence-electron chi connectivity index (χ0n) is 15.6. The average molecular weight is 436 g/mol. The second-order valence-corrected chi connectivity index (χ2v) is 9.70. The molecule has 136 valence electrons. The third kappa shape index (κ3) is 2.04. The molecule has 4 heterocycles. The summed E-state index contributed by atoms with van der Waals surface area (Å²) >= 11 is 0.276. The van der Waals surface area contributed by atoms with E-state index < -0.39 is 0 Å². The second-order valence-electron chi connectivity index (χ2n) is 7.53. The van der Waals surface area contributed by atoms with Crippen LogP contribution in [0, 0.1) is 0 Å². The number of rotatable bonds is 1. The molecule has 2 aliphatic rings. The molecule has 5 aromatic rings. The number of aromatic nitrogens is 2. The second kappa shape index (κ2) is 5.70. The van der Waals surface area contributed by atoms with Crippen molar-refractivity contribution < 1.29 is 0 Å². The van der Waals surface area contributed by atoms with Gasteiger partial charge in [0.05, 0.1) is 0 Å². The van der Waals surface area contributed by atoms with Crippen LogP contribution in [-0.4, -0.2) is 30.9 Å². The Morgan fingerprint density at radius 2 is 1.52 bits per heavy atom. The van der Waals surface area contributed by atoms with Crippen molar-refractivity contribution in [1.82, 2.24) is 8.96 Å². The van der Waals surface area contributed by atoms with Gasteiger partial charge < -0.3 is 0 Å². The summed E-state index contributed by atoms with van der Waals surface area (Å²) in [4.78, 5) is 2.42. The Balaban J connectivity index is 1.64. The van der Waals surface area contributed by atoms with Gasteiger partial charge in [-0.05, 0) is 0 Å². The molecule has 0 radical (unpaired) electrons. The number of fused-ring (bicyclic) bond motifs is 6. The molecule has 7 rings (SSSR count). The number of para-hydroxylation sites is 1. The van der Waals surface area contributed by atoms with Gasteiger partial charge in [0, 0.05) is 0 Å². The van der Waals surface area contributed by atoms with E-state index in [9.17, 15) is 0 Å². The predicted molar refractivity (Wildman–Crippen MR) is 122 cm³/mol. The molecule has 5 heteroatoms. The standard InChI is InChI=1S/C24H16BN3Se/c1-2-9-18(10-3-1)28-20-16-17-8-4-5-11-19(17)24-23(20)25(26-14-6-12-21(26)28)27-15-7-13-22(27)29-24/h1-16H. The molecular weight excluding hydrogens is 420 g/mol. The number of hydrogen-bond donors (Lipinski definition) is 0. The topological polar surface area (TPSA) is 13.1 Å². The van der Waals surface area contributed by atoms with E-state index in [1.165, 1.54) is 42.5 Å². The minimum absolute atomic E-state index is 0.176. The first-order chi connectivity index (χ1) is 14.4. The van der Waals surface area contributed by atoms with Crippen LogP contribution < -0.4 is 19.4 Å². The van der Waals surface area contributed by atoms with Gasteiger partial charge in [-0.1, -0.05) is 0 Å². The van der Waals surface area contributed by atoms with E-state index in [1.807, 2.05) is 0 Å². The molecule has 29 heavy (non-hydrogen) atoms. The van der Waals surface area contributed by atoms with Crippen molar-refractivity contribution in [2.45, 2.75) is 0 Å². The number of nitrogens with zero attached hydrogens (tertiary/aromatic N) is 3. The first-order valence-electron chi connectivity index (χ1n) is 9.82. The molecule has 0 fully saturated rings. The molecule has 0 saturated heterocycles. The van der Waals surface area contributed by atoms with Gasteiger partial charge >= 0.3 is 176 Å². The van der Waals surface area contributed by atoms with E-state index in [1.54, 1.807) is 0 Å². The number of hydrogen-bond acceptors (Lipinski definition) is 1. The van der Waals surface area contributed by atoms with Gasteiger partial charge in [0.2, 0.25) is 0 Å². The third-order valence-corrected chi connectivity index (χ3v) is 8.51. The Labute approximate surface area is 175 Å². The van der Waals surface area contributed by atoms with Crippen molar-refractivity contribution >= 4 is 64.4 Å². The Kier molecular flexibility index (Phi) is 3.09. The first-order valence-corrected chi connectivity index (χ1v) is 11.5. The van der Waals surface area contributed by atoms with Crippen molar-refractivity contribution in [3.8, 4) is 0 Å². The summed E-state index contributed by atoms with van der Waals surface area (Å²) in [6.07, 6.45) is 4.46. The summed E-state index contributed by atoms with van der Waals surface area (Å²) in [5.41, 5.74) is 3.96. The van der Waals surface area contributed by atoms with Crippen LogP contribution in [0.1, 0.15) is 0 Å². The molecule has 3 aromatic carbocycles. The Morgan fingerprint density at radius 1 is 0.724 bits per heavy atom. The van der Waals surface area contributed by atoms with Gasteiger partial charge in [0.1, 0.15) is 0 Å². The molecule has 2 aromatic heterocycles. The van der Waals surface area contributed by atoms with E-state index in [-0.39, 0.29) is 21.9 Å². The van der Waals surface area contributed by atoms with E-state index in [0.717, 1.165) is 0 Å². The molecule has 0 atom stereocenters. The van der Waals surface area contributed by atoms with Crippen LogP contribution in [0.15, 0.2) is 97.3 Å². The van der Waals surface area contributed by atoms with Gasteiger partial charge in [-0.3, -0.25) is 0 Å². The van der Waals surface area contributed by atoms with Crippen LogP contribution in [0.2, 0.25) is 0 Å². The van der Waals surface area contributed by atoms with Crippen molar-refractivity contribution in [3.63, 3.8) is 0 Å². The van der Waals surface area contributed by atoms with Crippen molar-refractivity contribution in [1.29, 1.82) is 0 Å². The van der Waals surface area contributed by atoms with Crippen LogP contribution >= 0.6 is 0 Å². The molecule has 3 nitrogen and oxygen atoms in total. The predicted octanol–water partition coefficient (Wildman–Crippen LogP) is 2.99. The molecule has 0 amide bonds. The molecule has 0 bridgehead atoms. The first kappa shape index (κ1) is 15.7. The molecular formula is C24H16BN3Se. The summed E-state index contributed by atoms with van der Waals surface area (Å²) in [7, 11) is 0. The Hall–Kier alpha value is -3.14. The summed E-state index contributed by atoms with van der Waals surface area (Å²) in [6.45, 7) is 0.176. The van der Waals surface area contributed by atoms with Gasteiger partial charge in [-0.15, -0.1) is 0 Å². The van der Waals surface area contributed by atoms with E-state index in [0.29, 0.717) is 0 Å². The fourth-order valence-corrected chi connectivity index (χ4v) is 7.39. The maximum absolute atomic E-state index is 2.46. The summed E-state index contributed by atoms with van der Waals surface area (Å²) < 4.78 is 7.84. The number of benzene rings is 3. The van der Waals surface area contributed by atoms with E-state index >= 15 is 0 Å². The van der Waals surface area contributed by atoms with E-state index in [4.69, 9.17) is 0 Å². The normalized spacial score (nSPS) is 13.9. The van der Waals surface area contributed by atoms with Crippen LogP contribution in [-0.2, 0) is 0 Å². The zero-order valence-corrected chi connectivity index (χ0v) is 17.3. The van der Waals surface area contributed by atoms with Gasteiger partial charge in [0.25, 0.3) is 0 Å². The van der Waals surface area contributed by atoms with Crippen molar-refractivity contribution in [2.75, 3.05) is 4.90 Å². The van der Waals surface area contributed by atoms with E-state index in [2.05, 4.69) is 111 Å². The van der Waals surface area contributed by atoms with Gasteiger partial charge in [-0.2, -0.15) is 0 Å². The molecule has 2 aliphatic heterocycles. The van der Waals surface area contributed by atoms with Gasteiger partial charge in [-0.25, -0.2) is 0 Å². The zero-order chi connectivity index (χ0) is 18.9. The van der Waals surface area contributed by atoms with Crippen LogP contribution in [0.5, 0.6) is 0 Å². The summed E-state index contributed by atoms with van der Waals surface area (Å²) in [5.74, 6) is 1.21. The minimum atomic E-state index is 0.176. The molecule has 0 aliphatic carbocycles. The summed E-state index contributed by atoms with van der Waals surface area (Å²) in [5, 5.41) is 2.72. The molecule has 0 spiro atoms. The number of anilines is 3. The quantitative estimate of drug-likeness (QED) is 0.361. The monoisotopic (exact) mass is 437 g/mol. The maximum atomic E-state index is 2.46. The Morgan fingerprint density at radius 3 is 2.45 bits per heavy atom.